The number of nitrogens with zero attached hydrogens (tertiary/aromatic N) is 1. The van der Waals surface area contributed by atoms with Gasteiger partial charge in [-0.1, -0.05) is 0 Å². The third-order valence-corrected chi connectivity index (χ3v) is 2.30. The highest BCUT2D eigenvalue weighted by Gasteiger charge is 2.03. The molecule has 78 valence electrons. The Bertz CT molecular complexity index is 436. The molecule has 0 aliphatic carbocycles. The molecule has 0 amide bonds. The first-order valence-electron chi connectivity index (χ1n) is 4.64. The molecule has 0 spiro atoms. The SMILES string of the molecule is CCOc1ccc(-c2coc(Br)n2)cc1. The highest BCUT2D eigenvalue weighted by atomic mass is 79.9. The molecule has 1 aromatic heterocycles. The van der Waals surface area contributed by atoms with Gasteiger partial charge in [-0.05, 0) is 31.2 Å². The maximum atomic E-state index is 5.35. The zero-order valence-electron chi connectivity index (χ0n) is 8.24. The monoisotopic (exact) mass is 267 g/mol. The zero-order valence-corrected chi connectivity index (χ0v) is 9.82. The van der Waals surface area contributed by atoms with Crippen LogP contribution in [0.5, 0.6) is 5.75 Å². The van der Waals surface area contributed by atoms with Crippen molar-refractivity contribution in [1.29, 1.82) is 0 Å². The quantitative estimate of drug-likeness (QED) is 0.854. The Hall–Kier alpha value is -1.29. The summed E-state index contributed by atoms with van der Waals surface area (Å²) < 4.78 is 10.4. The fraction of sp³-hybridized carbons (Fsp3) is 0.182. The van der Waals surface area contributed by atoms with Crippen LogP contribution in [-0.4, -0.2) is 11.6 Å². The standard InChI is InChI=1S/C11H10BrNO2/c1-2-14-9-5-3-8(4-6-9)10-7-15-11(12)13-10/h3-7H,2H2,1H3. The summed E-state index contributed by atoms with van der Waals surface area (Å²) in [6.07, 6.45) is 1.61. The minimum atomic E-state index is 0.492. The Balaban J connectivity index is 2.23. The second kappa shape index (κ2) is 4.49. The maximum Gasteiger partial charge on any atom is 0.264 e. The van der Waals surface area contributed by atoms with Gasteiger partial charge in [0.05, 0.1) is 6.61 Å². The molecule has 0 radical (unpaired) electrons. The van der Waals surface area contributed by atoms with Crippen LogP contribution in [0.1, 0.15) is 6.92 Å². The van der Waals surface area contributed by atoms with Crippen molar-refractivity contribution in [2.45, 2.75) is 6.92 Å². The Morgan fingerprint density at radius 2 is 2.07 bits per heavy atom. The van der Waals surface area contributed by atoms with Gasteiger partial charge in [0, 0.05) is 21.5 Å². The summed E-state index contributed by atoms with van der Waals surface area (Å²) in [6, 6.07) is 7.74. The minimum absolute atomic E-state index is 0.492. The van der Waals surface area contributed by atoms with Gasteiger partial charge in [0.2, 0.25) is 0 Å². The molecule has 2 aromatic rings. The van der Waals surface area contributed by atoms with Gasteiger partial charge in [0.1, 0.15) is 17.7 Å². The summed E-state index contributed by atoms with van der Waals surface area (Å²) in [5, 5.41) is 0. The van der Waals surface area contributed by atoms with Crippen LogP contribution >= 0.6 is 15.9 Å². The van der Waals surface area contributed by atoms with Crippen LogP contribution in [0.2, 0.25) is 0 Å². The van der Waals surface area contributed by atoms with Crippen molar-refractivity contribution in [1.82, 2.24) is 4.98 Å². The normalized spacial score (nSPS) is 10.3. The molecular formula is C11H10BrNO2. The fourth-order valence-electron chi connectivity index (χ4n) is 1.27. The summed E-state index contributed by atoms with van der Waals surface area (Å²) in [5.41, 5.74) is 1.82. The lowest BCUT2D eigenvalue weighted by molar-refractivity contribution is 0.340. The van der Waals surface area contributed by atoms with Crippen molar-refractivity contribution in [3.63, 3.8) is 0 Å². The molecular weight excluding hydrogens is 258 g/mol. The molecule has 0 atom stereocenters. The van der Waals surface area contributed by atoms with Crippen molar-refractivity contribution in [2.24, 2.45) is 0 Å². The predicted octanol–water partition coefficient (Wildman–Crippen LogP) is 3.50. The summed E-state index contributed by atoms with van der Waals surface area (Å²) in [7, 11) is 0. The molecule has 0 aliphatic heterocycles. The maximum absolute atomic E-state index is 5.35. The number of rotatable bonds is 3. The molecule has 2 rings (SSSR count). The van der Waals surface area contributed by atoms with Crippen LogP contribution in [0.3, 0.4) is 0 Å². The molecule has 0 fully saturated rings. The molecule has 4 heteroatoms. The average molecular weight is 268 g/mol. The predicted molar refractivity (Wildman–Crippen MR) is 60.8 cm³/mol. The van der Waals surface area contributed by atoms with E-state index in [2.05, 4.69) is 20.9 Å². The van der Waals surface area contributed by atoms with Crippen LogP contribution in [-0.2, 0) is 0 Å². The van der Waals surface area contributed by atoms with E-state index in [1.165, 1.54) is 0 Å². The highest BCUT2D eigenvalue weighted by molar-refractivity contribution is 9.10. The van der Waals surface area contributed by atoms with Gasteiger partial charge in [-0.2, -0.15) is 0 Å². The Kier molecular flexibility index (Phi) is 3.06. The Labute approximate surface area is 96.2 Å². The van der Waals surface area contributed by atoms with Gasteiger partial charge < -0.3 is 9.15 Å². The van der Waals surface area contributed by atoms with Gasteiger partial charge in [0.15, 0.2) is 0 Å². The van der Waals surface area contributed by atoms with E-state index in [1.807, 2.05) is 31.2 Å². The van der Waals surface area contributed by atoms with Crippen LogP contribution in [0.25, 0.3) is 11.3 Å². The summed E-state index contributed by atoms with van der Waals surface area (Å²) in [4.78, 5) is 4.66. The third-order valence-electron chi connectivity index (χ3n) is 1.94. The van der Waals surface area contributed by atoms with Crippen molar-refractivity contribution < 1.29 is 9.15 Å². The number of hydrogen-bond acceptors (Lipinski definition) is 3. The topological polar surface area (TPSA) is 35.3 Å². The average Bonchev–Trinajstić information content (AvgIpc) is 2.67. The first-order chi connectivity index (χ1) is 7.29. The third kappa shape index (κ3) is 2.39. The van der Waals surface area contributed by atoms with Crippen molar-refractivity contribution in [2.75, 3.05) is 6.61 Å². The van der Waals surface area contributed by atoms with E-state index in [1.54, 1.807) is 6.26 Å². The van der Waals surface area contributed by atoms with Crippen molar-refractivity contribution in [3.05, 3.63) is 35.3 Å². The van der Waals surface area contributed by atoms with Gasteiger partial charge in [0.25, 0.3) is 4.80 Å². The first-order valence-corrected chi connectivity index (χ1v) is 5.43. The lowest BCUT2D eigenvalue weighted by Crippen LogP contribution is -1.90. The lowest BCUT2D eigenvalue weighted by Gasteiger charge is -2.02. The molecule has 1 aromatic carbocycles. The van der Waals surface area contributed by atoms with E-state index in [-0.39, 0.29) is 0 Å². The number of oxazole rings is 1. The number of ether oxygens (including phenoxy) is 1. The molecule has 1 heterocycles. The van der Waals surface area contributed by atoms with Gasteiger partial charge in [-0.3, -0.25) is 0 Å². The Morgan fingerprint density at radius 1 is 1.33 bits per heavy atom. The summed E-state index contributed by atoms with van der Waals surface area (Å²) >= 11 is 3.17. The van der Waals surface area contributed by atoms with E-state index in [0.29, 0.717) is 11.4 Å². The smallest absolute Gasteiger partial charge is 0.264 e. The van der Waals surface area contributed by atoms with Crippen LogP contribution < -0.4 is 4.74 Å². The molecule has 15 heavy (non-hydrogen) atoms. The summed E-state index contributed by atoms with van der Waals surface area (Å²) in [5.74, 6) is 0.865. The van der Waals surface area contributed by atoms with Crippen LogP contribution in [0.4, 0.5) is 0 Å². The van der Waals surface area contributed by atoms with Gasteiger partial charge in [-0.25, -0.2) is 4.98 Å². The molecule has 3 nitrogen and oxygen atoms in total. The van der Waals surface area contributed by atoms with E-state index in [9.17, 15) is 0 Å². The Morgan fingerprint density at radius 3 is 2.60 bits per heavy atom. The summed E-state index contributed by atoms with van der Waals surface area (Å²) in [6.45, 7) is 2.64. The number of aromatic nitrogens is 1. The molecule has 0 saturated heterocycles. The molecule has 0 saturated carbocycles. The van der Waals surface area contributed by atoms with Crippen molar-refractivity contribution >= 4 is 15.9 Å². The molecule has 0 N–H and O–H groups in total. The fourth-order valence-corrected chi connectivity index (χ4v) is 1.56. The highest BCUT2D eigenvalue weighted by Crippen LogP contribution is 2.23. The van der Waals surface area contributed by atoms with Gasteiger partial charge in [-0.15, -0.1) is 0 Å². The van der Waals surface area contributed by atoms with Crippen LogP contribution in [0, 0.1) is 0 Å². The molecule has 0 unspecified atom stereocenters. The first kappa shape index (κ1) is 10.2. The zero-order chi connectivity index (χ0) is 10.7. The lowest BCUT2D eigenvalue weighted by atomic mass is 10.2. The largest absolute Gasteiger partial charge is 0.494 e. The van der Waals surface area contributed by atoms with Crippen molar-refractivity contribution in [3.8, 4) is 17.0 Å². The van der Waals surface area contributed by atoms with Gasteiger partial charge >= 0.3 is 0 Å². The number of halogens is 1. The molecule has 0 bridgehead atoms. The van der Waals surface area contributed by atoms with Crippen LogP contribution in [0.15, 0.2) is 39.7 Å². The number of benzene rings is 1. The number of hydrogen-bond donors (Lipinski definition) is 0. The second-order valence-electron chi connectivity index (χ2n) is 2.94. The van der Waals surface area contributed by atoms with E-state index < -0.39 is 0 Å². The van der Waals surface area contributed by atoms with E-state index in [4.69, 9.17) is 9.15 Å². The minimum Gasteiger partial charge on any atom is -0.494 e. The van der Waals surface area contributed by atoms with E-state index >= 15 is 0 Å². The molecule has 0 aliphatic rings. The van der Waals surface area contributed by atoms with E-state index in [0.717, 1.165) is 17.0 Å². The second-order valence-corrected chi connectivity index (χ2v) is 3.62.